The molecular formula is C15H18N2O3. The molecule has 1 aliphatic rings. The summed E-state index contributed by atoms with van der Waals surface area (Å²) in [6, 6.07) is 5.62. The summed E-state index contributed by atoms with van der Waals surface area (Å²) in [6.07, 6.45) is 4.79. The minimum absolute atomic E-state index is 0.0327. The van der Waals surface area contributed by atoms with Gasteiger partial charge in [0.2, 0.25) is 0 Å². The van der Waals surface area contributed by atoms with Gasteiger partial charge in [0.05, 0.1) is 12.1 Å². The Bertz CT molecular complexity index is 693. The van der Waals surface area contributed by atoms with Crippen LogP contribution in [-0.4, -0.2) is 22.9 Å². The number of oxazole rings is 1. The van der Waals surface area contributed by atoms with Gasteiger partial charge in [-0.1, -0.05) is 12.8 Å². The molecule has 0 unspecified atom stereocenters. The zero-order chi connectivity index (χ0) is 14.1. The van der Waals surface area contributed by atoms with Gasteiger partial charge in [-0.25, -0.2) is 4.79 Å². The van der Waals surface area contributed by atoms with Gasteiger partial charge in [0.1, 0.15) is 0 Å². The van der Waals surface area contributed by atoms with E-state index in [-0.39, 0.29) is 5.78 Å². The number of benzene rings is 1. The van der Waals surface area contributed by atoms with Crippen LogP contribution in [-0.2, 0) is 7.05 Å². The summed E-state index contributed by atoms with van der Waals surface area (Å²) in [7, 11) is 1.65. The predicted octanol–water partition coefficient (Wildman–Crippen LogP) is 1.85. The highest BCUT2D eigenvalue weighted by Crippen LogP contribution is 2.18. The summed E-state index contributed by atoms with van der Waals surface area (Å²) in [6.45, 7) is 0.341. The van der Waals surface area contributed by atoms with Crippen LogP contribution < -0.4 is 11.1 Å². The van der Waals surface area contributed by atoms with E-state index in [1.54, 1.807) is 25.2 Å². The van der Waals surface area contributed by atoms with Crippen LogP contribution in [0, 0.1) is 0 Å². The number of carbonyl (C=O) groups excluding carboxylic acids is 1. The molecule has 0 radical (unpaired) electrons. The van der Waals surface area contributed by atoms with Gasteiger partial charge < -0.3 is 9.73 Å². The maximum Gasteiger partial charge on any atom is 0.419 e. The Kier molecular flexibility index (Phi) is 3.44. The van der Waals surface area contributed by atoms with Gasteiger partial charge in [0, 0.05) is 18.7 Å². The number of fused-ring (bicyclic) bond motifs is 1. The van der Waals surface area contributed by atoms with Crippen molar-refractivity contribution in [2.24, 2.45) is 7.05 Å². The van der Waals surface area contributed by atoms with Crippen LogP contribution in [0.3, 0.4) is 0 Å². The number of hydrogen-bond donors (Lipinski definition) is 1. The van der Waals surface area contributed by atoms with Crippen LogP contribution >= 0.6 is 0 Å². The third-order valence-corrected chi connectivity index (χ3v) is 4.02. The molecule has 0 amide bonds. The van der Waals surface area contributed by atoms with Gasteiger partial charge in [-0.3, -0.25) is 9.36 Å². The summed E-state index contributed by atoms with van der Waals surface area (Å²) in [4.78, 5) is 23.6. The molecule has 1 aromatic carbocycles. The highest BCUT2D eigenvalue weighted by molar-refractivity contribution is 5.99. The van der Waals surface area contributed by atoms with Gasteiger partial charge in [-0.15, -0.1) is 0 Å². The molecule has 0 saturated heterocycles. The third kappa shape index (κ3) is 2.41. The van der Waals surface area contributed by atoms with Gasteiger partial charge in [0.15, 0.2) is 11.4 Å². The first kappa shape index (κ1) is 13.1. The molecule has 1 heterocycles. The van der Waals surface area contributed by atoms with Crippen molar-refractivity contribution in [3.05, 3.63) is 34.3 Å². The number of nitrogens with one attached hydrogen (secondary N) is 1. The number of rotatable bonds is 4. The van der Waals surface area contributed by atoms with E-state index in [9.17, 15) is 9.59 Å². The van der Waals surface area contributed by atoms with Crippen LogP contribution in [0.1, 0.15) is 36.0 Å². The number of carbonyl (C=O) groups is 1. The average molecular weight is 274 g/mol. The standard InChI is InChI=1S/C15H18N2O3/c1-17-12-7-6-10(8-14(12)20-15(17)19)13(18)9-16-11-4-2-3-5-11/h6-8,11,16H,2-5,9H2,1H3. The number of Topliss-reactive ketones (excluding diaryl/α,β-unsaturated/α-hetero) is 1. The molecule has 0 bridgehead atoms. The Hall–Kier alpha value is -1.88. The van der Waals surface area contributed by atoms with Crippen molar-refractivity contribution in [2.75, 3.05) is 6.54 Å². The van der Waals surface area contributed by atoms with Gasteiger partial charge in [-0.2, -0.15) is 0 Å². The fourth-order valence-electron chi connectivity index (χ4n) is 2.78. The van der Waals surface area contributed by atoms with Gasteiger partial charge in [0.25, 0.3) is 0 Å². The second kappa shape index (κ2) is 5.25. The number of ketones is 1. The molecule has 106 valence electrons. The van der Waals surface area contributed by atoms with Crippen LogP contribution in [0.25, 0.3) is 11.1 Å². The Morgan fingerprint density at radius 2 is 2.15 bits per heavy atom. The largest absolute Gasteiger partial charge is 0.419 e. The molecule has 0 atom stereocenters. The maximum absolute atomic E-state index is 12.1. The van der Waals surface area contributed by atoms with Crippen LogP contribution in [0.15, 0.2) is 27.4 Å². The first-order valence-electron chi connectivity index (χ1n) is 7.01. The fraction of sp³-hybridized carbons (Fsp3) is 0.467. The lowest BCUT2D eigenvalue weighted by atomic mass is 10.1. The molecule has 1 N–H and O–H groups in total. The normalized spacial score (nSPS) is 16.1. The second-order valence-electron chi connectivity index (χ2n) is 5.39. The molecule has 1 aliphatic carbocycles. The van der Waals surface area contributed by atoms with Crippen molar-refractivity contribution in [2.45, 2.75) is 31.7 Å². The van der Waals surface area contributed by atoms with Crippen molar-refractivity contribution in [1.29, 1.82) is 0 Å². The van der Waals surface area contributed by atoms with E-state index in [0.29, 0.717) is 29.2 Å². The lowest BCUT2D eigenvalue weighted by Gasteiger charge is -2.10. The fourth-order valence-corrected chi connectivity index (χ4v) is 2.78. The second-order valence-corrected chi connectivity index (χ2v) is 5.39. The first-order valence-corrected chi connectivity index (χ1v) is 7.01. The summed E-state index contributed by atoms with van der Waals surface area (Å²) in [5, 5.41) is 3.30. The lowest BCUT2D eigenvalue weighted by Crippen LogP contribution is -2.31. The number of nitrogens with zero attached hydrogens (tertiary/aromatic N) is 1. The van der Waals surface area contributed by atoms with Crippen molar-refractivity contribution >= 4 is 16.9 Å². The summed E-state index contributed by atoms with van der Waals surface area (Å²) in [5.74, 6) is -0.376. The molecule has 20 heavy (non-hydrogen) atoms. The van der Waals surface area contributed by atoms with E-state index < -0.39 is 5.76 Å². The SMILES string of the molecule is Cn1c(=O)oc2cc(C(=O)CNC3CCCC3)ccc21. The van der Waals surface area contributed by atoms with E-state index in [0.717, 1.165) is 12.8 Å². The molecule has 5 nitrogen and oxygen atoms in total. The minimum atomic E-state index is -0.409. The topological polar surface area (TPSA) is 64.2 Å². The minimum Gasteiger partial charge on any atom is -0.408 e. The van der Waals surface area contributed by atoms with Gasteiger partial charge in [-0.05, 0) is 31.0 Å². The molecule has 5 heteroatoms. The number of hydrogen-bond acceptors (Lipinski definition) is 4. The summed E-state index contributed by atoms with van der Waals surface area (Å²) < 4.78 is 6.53. The first-order chi connectivity index (χ1) is 9.65. The zero-order valence-electron chi connectivity index (χ0n) is 11.5. The monoisotopic (exact) mass is 274 g/mol. The smallest absolute Gasteiger partial charge is 0.408 e. The van der Waals surface area contributed by atoms with Gasteiger partial charge >= 0.3 is 5.76 Å². The molecular weight excluding hydrogens is 256 g/mol. The Morgan fingerprint density at radius 1 is 1.40 bits per heavy atom. The van der Waals surface area contributed by atoms with Crippen molar-refractivity contribution in [1.82, 2.24) is 9.88 Å². The summed E-state index contributed by atoms with van der Waals surface area (Å²) in [5.41, 5.74) is 1.75. The molecule has 2 aromatic rings. The molecule has 1 saturated carbocycles. The number of aryl methyl sites for hydroxylation is 1. The third-order valence-electron chi connectivity index (χ3n) is 4.02. The van der Waals surface area contributed by atoms with Crippen LogP contribution in [0.2, 0.25) is 0 Å². The van der Waals surface area contributed by atoms with Crippen molar-refractivity contribution < 1.29 is 9.21 Å². The van der Waals surface area contributed by atoms with Crippen molar-refractivity contribution in [3.8, 4) is 0 Å². The zero-order valence-corrected chi connectivity index (χ0v) is 11.5. The maximum atomic E-state index is 12.1. The molecule has 1 aromatic heterocycles. The highest BCUT2D eigenvalue weighted by Gasteiger charge is 2.16. The van der Waals surface area contributed by atoms with E-state index >= 15 is 0 Å². The van der Waals surface area contributed by atoms with E-state index in [1.807, 2.05) is 0 Å². The van der Waals surface area contributed by atoms with Crippen molar-refractivity contribution in [3.63, 3.8) is 0 Å². The molecule has 0 spiro atoms. The highest BCUT2D eigenvalue weighted by atomic mass is 16.4. The lowest BCUT2D eigenvalue weighted by molar-refractivity contribution is 0.0987. The summed E-state index contributed by atoms with van der Waals surface area (Å²) >= 11 is 0. The quantitative estimate of drug-likeness (QED) is 0.864. The molecule has 1 fully saturated rings. The Morgan fingerprint density at radius 3 is 2.90 bits per heavy atom. The molecule has 0 aliphatic heterocycles. The Balaban J connectivity index is 1.75. The predicted molar refractivity (Wildman–Crippen MR) is 76.0 cm³/mol. The van der Waals surface area contributed by atoms with Crippen LogP contribution in [0.4, 0.5) is 0 Å². The van der Waals surface area contributed by atoms with Crippen LogP contribution in [0.5, 0.6) is 0 Å². The molecule has 3 rings (SSSR count). The van der Waals surface area contributed by atoms with E-state index in [1.165, 1.54) is 17.4 Å². The van der Waals surface area contributed by atoms with E-state index in [4.69, 9.17) is 4.42 Å². The van der Waals surface area contributed by atoms with E-state index in [2.05, 4.69) is 5.32 Å². The average Bonchev–Trinajstić information content (AvgIpc) is 3.05. The Labute approximate surface area is 116 Å². The number of aromatic nitrogens is 1.